The van der Waals surface area contributed by atoms with Crippen LogP contribution in [-0.2, 0) is 0 Å². The monoisotopic (exact) mass is 1170 g/mol. The molecule has 0 aliphatic carbocycles. The quantitative estimate of drug-likeness (QED) is 0.129. The molecular formula is C85H53N5. The van der Waals surface area contributed by atoms with Gasteiger partial charge in [0.2, 0.25) is 5.69 Å². The summed E-state index contributed by atoms with van der Waals surface area (Å²) in [5, 5.41) is 3.87. The van der Waals surface area contributed by atoms with Crippen LogP contribution in [0.1, 0.15) is 32.9 Å². The highest BCUT2D eigenvalue weighted by molar-refractivity contribution is 6.19. The fourth-order valence-corrected chi connectivity index (χ4v) is 13.4. The van der Waals surface area contributed by atoms with Gasteiger partial charge in [-0.2, -0.15) is 0 Å². The topological polar surface area (TPSA) is 24.1 Å². The minimum atomic E-state index is -0.692. The minimum Gasteiger partial charge on any atom is -0.317 e. The first-order valence-corrected chi connectivity index (χ1v) is 28.7. The van der Waals surface area contributed by atoms with Crippen molar-refractivity contribution in [2.75, 3.05) is 0 Å². The summed E-state index contributed by atoms with van der Waals surface area (Å²) < 4.78 is 228. The highest BCUT2D eigenvalue weighted by Crippen LogP contribution is 2.55. The highest BCUT2D eigenvalue weighted by atomic mass is 15.1. The van der Waals surface area contributed by atoms with Crippen molar-refractivity contribution in [3.8, 4) is 78.4 Å². The molecule has 4 heterocycles. The van der Waals surface area contributed by atoms with Gasteiger partial charge in [-0.3, -0.25) is 0 Å². The van der Waals surface area contributed by atoms with Crippen molar-refractivity contribution in [2.45, 2.75) is 0 Å². The molecule has 0 N–H and O–H groups in total. The highest BCUT2D eigenvalue weighted by Gasteiger charge is 2.35. The van der Waals surface area contributed by atoms with Gasteiger partial charge in [-0.25, -0.2) is 4.85 Å². The van der Waals surface area contributed by atoms with E-state index in [0.717, 1.165) is 0 Å². The Morgan fingerprint density at radius 2 is 0.489 bits per heavy atom. The van der Waals surface area contributed by atoms with Crippen LogP contribution in [0, 0.1) is 6.57 Å². The first kappa shape index (κ1) is 32.5. The second kappa shape index (κ2) is 20.5. The van der Waals surface area contributed by atoms with Gasteiger partial charge in [-0.15, -0.1) is 0 Å². The first-order chi connectivity index (χ1) is 54.6. The van der Waals surface area contributed by atoms with E-state index in [1.807, 2.05) is 106 Å². The van der Waals surface area contributed by atoms with Crippen LogP contribution in [0.4, 0.5) is 5.69 Å². The van der Waals surface area contributed by atoms with Crippen molar-refractivity contribution >= 4 is 92.9 Å². The number of rotatable bonds is 9. The number of nitrogens with zero attached hydrogens (tertiary/aromatic N) is 5. The van der Waals surface area contributed by atoms with Crippen LogP contribution in [0.5, 0.6) is 0 Å². The SMILES string of the molecule is [2H]c1cc(-c2c(-n3c4ccc(-c5c([2H])c([2H])c([2H])c([2H])c5[2H])cc4c4cc(-c5c([2H])c([2H])c([2H])c([2H])c5[2H])ccc43)c(-n3c4ccccc4c4ccccc43)c([N+]#[C-])c(-n3c4ccccc4c4ccccc43)c2-n2c3ccc(-c4c([2H])c([2H])c([2H])c([2H])c4[2H])cc3c3cc(-c4c([2H])c([2H])c([2H])c([2H])c4[2H])ccc32)c([2H])c([2H])c1[2H]. The van der Waals surface area contributed by atoms with Gasteiger partial charge in [-0.05, 0) is 123 Å². The Bertz CT molecular complexity index is 6630. The van der Waals surface area contributed by atoms with E-state index in [-0.39, 0.29) is 128 Å². The normalized spacial score (nSPS) is 15.5. The molecule has 0 bridgehead atoms. The summed E-state index contributed by atoms with van der Waals surface area (Å²) in [5.41, 5.74) is 2.78. The van der Waals surface area contributed by atoms with Gasteiger partial charge in [0.05, 0.1) is 106 Å². The fourth-order valence-electron chi connectivity index (χ4n) is 13.4. The van der Waals surface area contributed by atoms with Crippen molar-refractivity contribution in [3.05, 3.63) is 332 Å². The minimum absolute atomic E-state index is 0.0190. The van der Waals surface area contributed by atoms with Crippen molar-refractivity contribution in [1.82, 2.24) is 18.3 Å². The molecule has 0 saturated carbocycles. The molecule has 5 heteroatoms. The Balaban J connectivity index is 1.16. The van der Waals surface area contributed by atoms with Crippen LogP contribution >= 0.6 is 0 Å². The summed E-state index contributed by atoms with van der Waals surface area (Å²) in [6.07, 6.45) is 0. The van der Waals surface area contributed by atoms with E-state index in [1.54, 1.807) is 81.9 Å². The molecular weight excluding hydrogens is 1090 g/mol. The van der Waals surface area contributed by atoms with Crippen LogP contribution in [0.2, 0.25) is 0 Å². The molecule has 0 atom stereocenters. The molecule has 418 valence electrons. The van der Waals surface area contributed by atoms with Gasteiger partial charge in [-0.1, -0.05) is 248 Å². The van der Waals surface area contributed by atoms with Crippen LogP contribution in [0.3, 0.4) is 0 Å². The Hall–Kier alpha value is -12.2. The molecule has 0 amide bonds. The molecule has 18 aromatic rings. The third-order valence-electron chi connectivity index (χ3n) is 17.0. The Morgan fingerprint density at radius 3 is 0.789 bits per heavy atom. The Morgan fingerprint density at radius 1 is 0.233 bits per heavy atom. The van der Waals surface area contributed by atoms with Crippen LogP contribution < -0.4 is 0 Å². The van der Waals surface area contributed by atoms with E-state index in [4.69, 9.17) is 21.3 Å². The molecule has 18 rings (SSSR count). The third kappa shape index (κ3) is 7.75. The number of hydrogen-bond donors (Lipinski definition) is 0. The smallest absolute Gasteiger partial charge is 0.238 e. The summed E-state index contributed by atoms with van der Waals surface area (Å²) >= 11 is 0. The van der Waals surface area contributed by atoms with Gasteiger partial charge in [0.15, 0.2) is 0 Å². The molecule has 4 aromatic heterocycles. The van der Waals surface area contributed by atoms with E-state index in [1.165, 1.54) is 6.07 Å². The van der Waals surface area contributed by atoms with E-state index in [9.17, 15) is 23.0 Å². The summed E-state index contributed by atoms with van der Waals surface area (Å²) in [6.45, 7) is 10.4. The van der Waals surface area contributed by atoms with Crippen molar-refractivity contribution in [3.63, 3.8) is 0 Å². The maximum atomic E-state index is 10.6. The first-order valence-electron chi connectivity index (χ1n) is 40.7. The largest absolute Gasteiger partial charge is 0.317 e. The van der Waals surface area contributed by atoms with Crippen molar-refractivity contribution in [1.29, 1.82) is 0 Å². The molecule has 0 aliphatic rings. The standard InChI is InChI=1S/C85H53N5/c1-86-81-84(89-72-39-21-17-35-64(72)65-36-18-22-40-73(65)89)82(87-76-47-43-60(55-25-7-2-8-26-55)51-68(76)69-52-61(44-48-77(69)87)56-27-9-3-10-28-56)80(59-33-15-6-16-34-59)83(85(81)90-74-41-23-19-37-66(74)67-38-20-24-42-75(67)90)88-78-49-45-62(57-29-11-4-12-30-57)53-70(78)71-54-63(46-50-79(71)88)58-31-13-5-14-32-58/h2-54H/i2D,3D,4D,5D,6D,7D,8D,9D,10D,11D,12D,13D,14D,15D,16D,25D,26D,27D,28D,29D,30D,31D,32D,33D. The predicted octanol–water partition coefficient (Wildman–Crippen LogP) is 23.0. The maximum absolute atomic E-state index is 10.6. The van der Waals surface area contributed by atoms with Crippen LogP contribution in [0.15, 0.2) is 321 Å². The maximum Gasteiger partial charge on any atom is 0.238 e. The molecule has 0 radical (unpaired) electrons. The van der Waals surface area contributed by atoms with Gasteiger partial charge in [0, 0.05) is 48.7 Å². The third-order valence-corrected chi connectivity index (χ3v) is 17.0. The summed E-state index contributed by atoms with van der Waals surface area (Å²) in [7, 11) is 0. The van der Waals surface area contributed by atoms with E-state index in [2.05, 4.69) is 0 Å². The number of hydrogen-bond acceptors (Lipinski definition) is 0. The average Bonchev–Trinajstić information content (AvgIpc) is 1.47. The molecule has 14 aromatic carbocycles. The van der Waals surface area contributed by atoms with Crippen LogP contribution in [-0.4, -0.2) is 18.3 Å². The lowest BCUT2D eigenvalue weighted by Crippen LogP contribution is -2.14. The van der Waals surface area contributed by atoms with Gasteiger partial charge in [0.1, 0.15) is 0 Å². The average molecular weight is 1170 g/mol. The lowest BCUT2D eigenvalue weighted by molar-refractivity contribution is 1.05. The molecule has 5 nitrogen and oxygen atoms in total. The second-order valence-corrected chi connectivity index (χ2v) is 21.6. The summed E-state index contributed by atoms with van der Waals surface area (Å²) in [6, 6.07) is 36.2. The van der Waals surface area contributed by atoms with Gasteiger partial charge >= 0.3 is 0 Å². The van der Waals surface area contributed by atoms with Crippen molar-refractivity contribution < 1.29 is 32.9 Å². The van der Waals surface area contributed by atoms with Gasteiger partial charge < -0.3 is 18.3 Å². The van der Waals surface area contributed by atoms with Crippen molar-refractivity contribution in [2.24, 2.45) is 0 Å². The number of aromatic nitrogens is 4. The molecule has 0 unspecified atom stereocenters. The molecule has 0 aliphatic heterocycles. The van der Waals surface area contributed by atoms with E-state index in [0.29, 0.717) is 43.6 Å². The zero-order chi connectivity index (χ0) is 80.3. The fraction of sp³-hybridized carbons (Fsp3) is 0. The number of fused-ring (bicyclic) bond motifs is 12. The predicted molar refractivity (Wildman–Crippen MR) is 377 cm³/mol. The number of benzene rings is 14. The zero-order valence-electron chi connectivity index (χ0n) is 71.0. The van der Waals surface area contributed by atoms with E-state index >= 15 is 0 Å². The summed E-state index contributed by atoms with van der Waals surface area (Å²) in [5.74, 6) is 0. The lowest BCUT2D eigenvalue weighted by Gasteiger charge is -2.29. The second-order valence-electron chi connectivity index (χ2n) is 21.6. The summed E-state index contributed by atoms with van der Waals surface area (Å²) in [4.78, 5) is 4.83. The van der Waals surface area contributed by atoms with Crippen LogP contribution in [0.25, 0.3) is 170 Å². The molecule has 90 heavy (non-hydrogen) atoms. The molecule has 0 spiro atoms. The zero-order valence-corrected chi connectivity index (χ0v) is 47.0. The Labute approximate surface area is 553 Å². The number of para-hydroxylation sites is 4. The Kier molecular flexibility index (Phi) is 7.39. The lowest BCUT2D eigenvalue weighted by atomic mass is 9.95. The van der Waals surface area contributed by atoms with E-state index < -0.39 is 145 Å². The van der Waals surface area contributed by atoms with Gasteiger partial charge in [0.25, 0.3) is 0 Å². The molecule has 0 saturated heterocycles. The molecule has 0 fully saturated rings.